The van der Waals surface area contributed by atoms with E-state index >= 15 is 0 Å². The third kappa shape index (κ3) is 14.4. The molecule has 2 radical (unpaired) electrons. The predicted octanol–water partition coefficient (Wildman–Crippen LogP) is 12.2. The van der Waals surface area contributed by atoms with Gasteiger partial charge in [-0.25, -0.2) is 30.6 Å². The van der Waals surface area contributed by atoms with Crippen LogP contribution < -0.4 is 0 Å². The molecule has 0 aromatic carbocycles. The Hall–Kier alpha value is -3.70. The van der Waals surface area contributed by atoms with E-state index in [4.69, 9.17) is 30.6 Å². The van der Waals surface area contributed by atoms with Crippen molar-refractivity contribution in [3.8, 4) is 0 Å². The van der Waals surface area contributed by atoms with Crippen LogP contribution >= 0.6 is 0 Å². The third-order valence-corrected chi connectivity index (χ3v) is 13.1. The van der Waals surface area contributed by atoms with E-state index in [2.05, 4.69) is 230 Å². The minimum atomic E-state index is -0.292. The van der Waals surface area contributed by atoms with E-state index in [1.807, 2.05) is 0 Å². The van der Waals surface area contributed by atoms with Gasteiger partial charge in [0, 0.05) is 33.0 Å². The Balaban J connectivity index is 0.000000682. The molecule has 0 spiro atoms. The van der Waals surface area contributed by atoms with Crippen LogP contribution in [0.15, 0.2) is 36.4 Å². The first-order chi connectivity index (χ1) is 31.7. The van der Waals surface area contributed by atoms with Gasteiger partial charge in [0.05, 0.1) is 34.2 Å². The Morgan fingerprint density at radius 3 is 0.431 bits per heavy atom. The zero-order chi connectivity index (χ0) is 51.0. The Kier molecular flexibility index (Phi) is 25.0. The van der Waals surface area contributed by atoms with Crippen LogP contribution in [0.1, 0.15) is 306 Å². The van der Waals surface area contributed by atoms with Crippen LogP contribution in [0.5, 0.6) is 0 Å². The molecule has 0 aliphatic rings. The van der Waals surface area contributed by atoms with Gasteiger partial charge in [-0.2, -0.15) is 0 Å². The fourth-order valence-electron chi connectivity index (χ4n) is 8.58. The van der Waals surface area contributed by atoms with Crippen molar-refractivity contribution < 1.29 is 43.9 Å². The molecule has 18 heteroatoms. The average Bonchev–Trinajstić information content (AvgIpc) is 4.09. The Labute approximate surface area is 455 Å². The van der Waals surface area contributed by atoms with Crippen LogP contribution in [0.2, 0.25) is 0 Å². The SMILES string of the molecule is CC(C)c1cc(C(C)C)n([B-](n2nc(C(C)C)cc2C(C)C)n2nc(C(C)C)cc2C(C)C)n1.CC(C)c1cc(C(C)C)n([B-](n2nc(C(C)C)cc2C(C)C)n2nc(C(C)C)cc2C(C)C)n1.O.O.[Ni].[Ni]. The summed E-state index contributed by atoms with van der Waals surface area (Å²) in [6.45, 7) is 53.4. The maximum atomic E-state index is 5.19. The molecule has 4 N–H and O–H groups in total. The van der Waals surface area contributed by atoms with Gasteiger partial charge >= 0.3 is 0 Å². The average molecular weight is 1080 g/mol. The molecule has 0 unspecified atom stereocenters. The summed E-state index contributed by atoms with van der Waals surface area (Å²) < 4.78 is 13.1. The van der Waals surface area contributed by atoms with Crippen molar-refractivity contribution in [3.05, 3.63) is 105 Å². The van der Waals surface area contributed by atoms with E-state index in [9.17, 15) is 0 Å². The maximum Gasteiger partial charge on any atom is 0.261 e. The number of nitrogens with zero attached hydrogens (tertiary/aromatic N) is 12. The first-order valence-corrected chi connectivity index (χ1v) is 26.2. The van der Waals surface area contributed by atoms with Crippen LogP contribution in [0.4, 0.5) is 0 Å². The smallest absolute Gasteiger partial charge is 0.261 e. The summed E-state index contributed by atoms with van der Waals surface area (Å²) in [5.74, 6) is 4.05. The normalized spacial score (nSPS) is 12.1. The number of hydrogen-bond donors (Lipinski definition) is 0. The van der Waals surface area contributed by atoms with Gasteiger partial charge in [0.25, 0.3) is 14.2 Å². The fraction of sp³-hybridized carbons (Fsp3) is 0.667. The van der Waals surface area contributed by atoms with Gasteiger partial charge in [-0.3, -0.25) is 0 Å². The third-order valence-electron chi connectivity index (χ3n) is 13.1. The van der Waals surface area contributed by atoms with Crippen LogP contribution in [0.25, 0.3) is 0 Å². The molecule has 410 valence electrons. The molecule has 6 heterocycles. The zero-order valence-corrected chi connectivity index (χ0v) is 50.5. The predicted molar refractivity (Wildman–Crippen MR) is 294 cm³/mol. The van der Waals surface area contributed by atoms with Crippen molar-refractivity contribution in [2.45, 2.75) is 237 Å². The Morgan fingerprint density at radius 2 is 0.347 bits per heavy atom. The molecule has 0 bridgehead atoms. The summed E-state index contributed by atoms with van der Waals surface area (Å²) in [6.07, 6.45) is 0. The Morgan fingerprint density at radius 1 is 0.236 bits per heavy atom. The molecular formula is C54H94B2N12Ni2O2-2. The van der Waals surface area contributed by atoms with E-state index in [0.29, 0.717) is 71.0 Å². The van der Waals surface area contributed by atoms with Crippen molar-refractivity contribution >= 4 is 14.2 Å². The maximum absolute atomic E-state index is 5.19. The van der Waals surface area contributed by atoms with E-state index < -0.39 is 0 Å². The summed E-state index contributed by atoms with van der Waals surface area (Å²) in [7, 11) is -0.584. The molecule has 0 aliphatic carbocycles. The van der Waals surface area contributed by atoms with Crippen LogP contribution in [-0.4, -0.2) is 83.3 Å². The van der Waals surface area contributed by atoms with Crippen molar-refractivity contribution in [1.29, 1.82) is 0 Å². The van der Waals surface area contributed by atoms with Gasteiger partial charge in [-0.05, 0) is 142 Å². The Bertz CT molecular complexity index is 2120. The van der Waals surface area contributed by atoms with Crippen molar-refractivity contribution in [2.24, 2.45) is 0 Å². The minimum Gasteiger partial charge on any atom is -0.422 e. The van der Waals surface area contributed by atoms with Gasteiger partial charge in [0.1, 0.15) is 0 Å². The van der Waals surface area contributed by atoms with Gasteiger partial charge in [0.2, 0.25) is 0 Å². The number of rotatable bonds is 18. The quantitative estimate of drug-likeness (QED) is 0.0776. The van der Waals surface area contributed by atoms with Gasteiger partial charge < -0.3 is 38.5 Å². The zero-order valence-electron chi connectivity index (χ0n) is 48.5. The first kappa shape index (κ1) is 66.3. The van der Waals surface area contributed by atoms with E-state index in [-0.39, 0.29) is 58.2 Å². The largest absolute Gasteiger partial charge is 0.422 e. The standard InChI is InChI=1S/2C27H45BN6.2Ni.2H2O/c2*1-16(2)22-13-25(19(7)8)32(29-22)28(33-26(20(9)10)14-23(30-33)17(3)4)34-27(21(11)12)15-24(31-34)18(5)6;;;;/h2*13-21H,1-12H3;;;2*1H2/q2*-1;;;;. The topological polar surface area (TPSA) is 170 Å². The summed E-state index contributed by atoms with van der Waals surface area (Å²) in [6, 6.07) is 13.6. The molecule has 14 nitrogen and oxygen atoms in total. The van der Waals surface area contributed by atoms with Gasteiger partial charge in [-0.1, -0.05) is 166 Å². The molecular weight excluding hydrogens is 988 g/mol. The van der Waals surface area contributed by atoms with Gasteiger partial charge in [-0.15, -0.1) is 0 Å². The minimum absolute atomic E-state index is 0. The molecule has 0 saturated carbocycles. The monoisotopic (exact) mass is 1080 g/mol. The van der Waals surface area contributed by atoms with Crippen molar-refractivity contribution in [1.82, 2.24) is 58.1 Å². The fourth-order valence-corrected chi connectivity index (χ4v) is 8.58. The molecule has 0 amide bonds. The molecule has 72 heavy (non-hydrogen) atoms. The van der Waals surface area contributed by atoms with Gasteiger partial charge in [0.15, 0.2) is 0 Å². The van der Waals surface area contributed by atoms with E-state index in [1.54, 1.807) is 0 Å². The molecule has 6 aromatic rings. The van der Waals surface area contributed by atoms with E-state index in [0.717, 1.165) is 34.2 Å². The second kappa shape index (κ2) is 27.2. The molecule has 0 fully saturated rings. The molecule has 0 saturated heterocycles. The molecule has 0 aliphatic heterocycles. The molecule has 6 rings (SSSR count). The van der Waals surface area contributed by atoms with Crippen LogP contribution in [0.3, 0.4) is 0 Å². The summed E-state index contributed by atoms with van der Waals surface area (Å²) in [5, 5.41) is 31.1. The van der Waals surface area contributed by atoms with Crippen LogP contribution in [0, 0.1) is 0 Å². The number of aromatic nitrogens is 12. The number of hydrogen-bond acceptors (Lipinski definition) is 6. The second-order valence-electron chi connectivity index (χ2n) is 23.2. The first-order valence-electron chi connectivity index (χ1n) is 26.2. The summed E-state index contributed by atoms with van der Waals surface area (Å²) in [4.78, 5) is 0. The van der Waals surface area contributed by atoms with E-state index in [1.165, 1.54) is 34.2 Å². The van der Waals surface area contributed by atoms with Crippen molar-refractivity contribution in [3.63, 3.8) is 0 Å². The van der Waals surface area contributed by atoms with Crippen molar-refractivity contribution in [2.75, 3.05) is 0 Å². The summed E-state index contributed by atoms with van der Waals surface area (Å²) >= 11 is 0. The second-order valence-corrected chi connectivity index (χ2v) is 23.2. The molecule has 0 atom stereocenters. The summed E-state index contributed by atoms with van der Waals surface area (Å²) in [5.41, 5.74) is 13.9. The molecule has 6 aromatic heterocycles. The van der Waals surface area contributed by atoms with Crippen LogP contribution in [-0.2, 0) is 33.0 Å².